The summed E-state index contributed by atoms with van der Waals surface area (Å²) in [6.07, 6.45) is 2.93. The molecule has 5 rings (SSSR count). The molecule has 0 fully saturated rings. The molecule has 0 saturated heterocycles. The average molecular weight is 627 g/mol. The number of methoxy groups -OCH3 is 1. The SMILES string of the molecule is COC(=O)c1c(NC(=O)C(Sc2cccc(NC(=O)Cc3ccccc3)c2)c2ccccc2)sc2c1CCC(C(C)(C)C)C2. The van der Waals surface area contributed by atoms with E-state index in [1.54, 1.807) is 0 Å². The predicted octanol–water partition coefficient (Wildman–Crippen LogP) is 8.34. The van der Waals surface area contributed by atoms with Crippen molar-refractivity contribution >= 4 is 51.6 Å². The van der Waals surface area contributed by atoms with Crippen LogP contribution >= 0.6 is 23.1 Å². The van der Waals surface area contributed by atoms with Crippen LogP contribution in [0.5, 0.6) is 0 Å². The molecule has 0 saturated carbocycles. The summed E-state index contributed by atoms with van der Waals surface area (Å²) in [5, 5.41) is 6.04. The molecular formula is C36H38N2O4S2. The van der Waals surface area contributed by atoms with Gasteiger partial charge in [-0.05, 0) is 65.5 Å². The number of carbonyl (C=O) groups is 3. The maximum atomic E-state index is 14.0. The molecule has 1 aliphatic rings. The Labute approximate surface area is 267 Å². The van der Waals surface area contributed by atoms with E-state index in [2.05, 4.69) is 31.4 Å². The predicted molar refractivity (Wildman–Crippen MR) is 180 cm³/mol. The molecule has 2 amide bonds. The molecule has 44 heavy (non-hydrogen) atoms. The van der Waals surface area contributed by atoms with Crippen molar-refractivity contribution in [3.05, 3.63) is 112 Å². The van der Waals surface area contributed by atoms with Crippen LogP contribution in [0.4, 0.5) is 10.7 Å². The van der Waals surface area contributed by atoms with E-state index in [9.17, 15) is 14.4 Å². The molecule has 4 aromatic rings. The van der Waals surface area contributed by atoms with Crippen LogP contribution in [0.2, 0.25) is 0 Å². The van der Waals surface area contributed by atoms with Crippen molar-refractivity contribution in [1.82, 2.24) is 0 Å². The number of hydrogen-bond donors (Lipinski definition) is 2. The lowest BCUT2D eigenvalue weighted by Gasteiger charge is -2.33. The number of hydrogen-bond acceptors (Lipinski definition) is 6. The van der Waals surface area contributed by atoms with Gasteiger partial charge in [0.1, 0.15) is 10.3 Å². The van der Waals surface area contributed by atoms with Gasteiger partial charge in [-0.1, -0.05) is 87.5 Å². The zero-order valence-electron chi connectivity index (χ0n) is 25.5. The van der Waals surface area contributed by atoms with E-state index in [4.69, 9.17) is 4.74 Å². The first-order valence-corrected chi connectivity index (χ1v) is 16.5. The summed E-state index contributed by atoms with van der Waals surface area (Å²) >= 11 is 2.89. The van der Waals surface area contributed by atoms with Gasteiger partial charge in [0.15, 0.2) is 0 Å². The molecule has 0 aliphatic heterocycles. The zero-order chi connectivity index (χ0) is 31.3. The molecule has 1 heterocycles. The van der Waals surface area contributed by atoms with Gasteiger partial charge < -0.3 is 15.4 Å². The van der Waals surface area contributed by atoms with E-state index >= 15 is 0 Å². The largest absolute Gasteiger partial charge is 0.465 e. The summed E-state index contributed by atoms with van der Waals surface area (Å²) in [5.41, 5.74) is 4.07. The quantitative estimate of drug-likeness (QED) is 0.144. The minimum atomic E-state index is -0.599. The van der Waals surface area contributed by atoms with Gasteiger partial charge in [0, 0.05) is 15.5 Å². The molecule has 2 atom stereocenters. The summed E-state index contributed by atoms with van der Waals surface area (Å²) in [6, 6.07) is 26.7. The smallest absolute Gasteiger partial charge is 0.341 e. The van der Waals surface area contributed by atoms with E-state index in [-0.39, 0.29) is 23.7 Å². The molecule has 2 N–H and O–H groups in total. The molecule has 1 aliphatic carbocycles. The van der Waals surface area contributed by atoms with Crippen molar-refractivity contribution in [2.45, 2.75) is 56.6 Å². The highest BCUT2D eigenvalue weighted by molar-refractivity contribution is 8.00. The number of thiophene rings is 1. The third-order valence-electron chi connectivity index (χ3n) is 8.04. The van der Waals surface area contributed by atoms with Crippen LogP contribution in [0.3, 0.4) is 0 Å². The molecule has 0 spiro atoms. The molecule has 1 aromatic heterocycles. The van der Waals surface area contributed by atoms with Crippen LogP contribution in [-0.4, -0.2) is 24.9 Å². The molecule has 2 unspecified atom stereocenters. The Morgan fingerprint density at radius 2 is 1.66 bits per heavy atom. The Hall–Kier alpha value is -3.88. The summed E-state index contributed by atoms with van der Waals surface area (Å²) in [6.45, 7) is 6.77. The van der Waals surface area contributed by atoms with Crippen molar-refractivity contribution in [3.8, 4) is 0 Å². The maximum absolute atomic E-state index is 14.0. The highest BCUT2D eigenvalue weighted by Crippen LogP contribution is 2.45. The molecule has 6 nitrogen and oxygen atoms in total. The third-order valence-corrected chi connectivity index (χ3v) is 10.5. The highest BCUT2D eigenvalue weighted by Gasteiger charge is 2.35. The molecule has 0 radical (unpaired) electrons. The Balaban J connectivity index is 1.38. The van der Waals surface area contributed by atoms with Gasteiger partial charge in [0.05, 0.1) is 19.1 Å². The summed E-state index contributed by atoms with van der Waals surface area (Å²) in [5.74, 6) is -0.261. The van der Waals surface area contributed by atoms with Crippen molar-refractivity contribution < 1.29 is 19.1 Å². The maximum Gasteiger partial charge on any atom is 0.341 e. The van der Waals surface area contributed by atoms with Gasteiger partial charge in [0.2, 0.25) is 11.8 Å². The lowest BCUT2D eigenvalue weighted by molar-refractivity contribution is -0.116. The van der Waals surface area contributed by atoms with Crippen molar-refractivity contribution in [2.75, 3.05) is 17.7 Å². The number of thioether (sulfide) groups is 1. The van der Waals surface area contributed by atoms with E-state index in [1.165, 1.54) is 30.2 Å². The van der Waals surface area contributed by atoms with Crippen LogP contribution in [0.1, 0.15) is 64.4 Å². The molecule has 0 bridgehead atoms. The van der Waals surface area contributed by atoms with Gasteiger partial charge in [0.25, 0.3) is 0 Å². The lowest BCUT2D eigenvalue weighted by Crippen LogP contribution is -2.26. The van der Waals surface area contributed by atoms with Crippen molar-refractivity contribution in [1.29, 1.82) is 0 Å². The van der Waals surface area contributed by atoms with Crippen molar-refractivity contribution in [3.63, 3.8) is 0 Å². The Morgan fingerprint density at radius 3 is 2.34 bits per heavy atom. The second kappa shape index (κ2) is 13.8. The van der Waals surface area contributed by atoms with Gasteiger partial charge in [-0.15, -0.1) is 23.1 Å². The molecular weight excluding hydrogens is 589 g/mol. The number of carbonyl (C=O) groups excluding carboxylic acids is 3. The van der Waals surface area contributed by atoms with E-state index in [1.807, 2.05) is 84.9 Å². The number of benzene rings is 3. The minimum absolute atomic E-state index is 0.110. The number of ether oxygens (including phenoxy) is 1. The first-order chi connectivity index (χ1) is 21.1. The van der Waals surface area contributed by atoms with Gasteiger partial charge >= 0.3 is 5.97 Å². The summed E-state index contributed by atoms with van der Waals surface area (Å²) < 4.78 is 5.18. The van der Waals surface area contributed by atoms with Crippen LogP contribution in [0.25, 0.3) is 0 Å². The molecule has 8 heteroatoms. The normalized spacial score (nSPS) is 15.1. The topological polar surface area (TPSA) is 84.5 Å². The monoisotopic (exact) mass is 626 g/mol. The number of nitrogens with one attached hydrogen (secondary N) is 2. The Morgan fingerprint density at radius 1 is 0.955 bits per heavy atom. The number of anilines is 2. The second-order valence-corrected chi connectivity index (χ2v) is 14.4. The molecule has 228 valence electrons. The van der Waals surface area contributed by atoms with Gasteiger partial charge in [-0.25, -0.2) is 4.79 Å². The fourth-order valence-corrected chi connectivity index (χ4v) is 7.98. The first-order valence-electron chi connectivity index (χ1n) is 14.8. The first kappa shape index (κ1) is 31.5. The average Bonchev–Trinajstić information content (AvgIpc) is 3.37. The fraction of sp³-hybridized carbons (Fsp3) is 0.306. The van der Waals surface area contributed by atoms with Crippen LogP contribution in [0, 0.1) is 11.3 Å². The van der Waals surface area contributed by atoms with Gasteiger partial charge in [-0.3, -0.25) is 9.59 Å². The highest BCUT2D eigenvalue weighted by atomic mass is 32.2. The van der Waals surface area contributed by atoms with E-state index in [0.29, 0.717) is 22.2 Å². The fourth-order valence-electron chi connectivity index (χ4n) is 5.58. The summed E-state index contributed by atoms with van der Waals surface area (Å²) in [4.78, 5) is 41.7. The third kappa shape index (κ3) is 7.60. The van der Waals surface area contributed by atoms with Crippen LogP contribution < -0.4 is 10.6 Å². The molecule has 3 aromatic carbocycles. The minimum Gasteiger partial charge on any atom is -0.465 e. The lowest BCUT2D eigenvalue weighted by atomic mass is 9.72. The standard InChI is InChI=1S/C36H38N2O4S2/c1-36(2,3)25-18-19-28-29(21-25)44-34(31(28)35(41)42-4)38-33(40)32(24-14-9-6-10-15-24)43-27-17-11-16-26(22-27)37-30(39)20-23-12-7-5-8-13-23/h5-17,22,25,32H,18-21H2,1-4H3,(H,37,39)(H,38,40). The Kier molecular flexibility index (Phi) is 9.91. The van der Waals surface area contributed by atoms with Crippen LogP contribution in [-0.2, 0) is 33.6 Å². The van der Waals surface area contributed by atoms with E-state index < -0.39 is 11.2 Å². The number of rotatable bonds is 9. The van der Waals surface area contributed by atoms with Gasteiger partial charge in [-0.2, -0.15) is 0 Å². The van der Waals surface area contributed by atoms with Crippen molar-refractivity contribution in [2.24, 2.45) is 11.3 Å². The Bertz CT molecular complexity index is 1630. The van der Waals surface area contributed by atoms with Crippen LogP contribution in [0.15, 0.2) is 89.8 Å². The van der Waals surface area contributed by atoms with E-state index in [0.717, 1.165) is 45.7 Å². The second-order valence-electron chi connectivity index (χ2n) is 12.1. The zero-order valence-corrected chi connectivity index (χ0v) is 27.1. The summed E-state index contributed by atoms with van der Waals surface area (Å²) in [7, 11) is 1.38. The number of amides is 2. The number of fused-ring (bicyclic) bond motifs is 1. The number of esters is 1.